The highest BCUT2D eigenvalue weighted by Crippen LogP contribution is 2.33. The number of nitrogens with zero attached hydrogens (tertiary/aromatic N) is 1. The van der Waals surface area contributed by atoms with E-state index in [9.17, 15) is 4.57 Å². The van der Waals surface area contributed by atoms with Gasteiger partial charge in [0.05, 0.1) is 6.16 Å². The monoisotopic (exact) mass is 137 g/mol. The molecule has 0 atom stereocenters. The smallest absolute Gasteiger partial charge is 0.324 e. The van der Waals surface area contributed by atoms with E-state index in [1.807, 2.05) is 0 Å². The van der Waals surface area contributed by atoms with Gasteiger partial charge in [-0.1, -0.05) is 0 Å². The lowest BCUT2D eigenvalue weighted by molar-refractivity contribution is 0.374. The van der Waals surface area contributed by atoms with Crippen molar-refractivity contribution in [2.45, 2.75) is 0 Å². The molecule has 0 saturated carbocycles. The van der Waals surface area contributed by atoms with Crippen LogP contribution in [-0.2, 0) is 4.57 Å². The molecule has 0 aliphatic rings. The molecule has 5 heteroatoms. The normalized spacial score (nSPS) is 11.2. The van der Waals surface area contributed by atoms with Crippen molar-refractivity contribution in [1.82, 2.24) is 0 Å². The standard InChI is InChI=1S/C3H8NO3P/c1-4-2-3-8(5,6)7/h1-3H2,(H2,5,6,7). The van der Waals surface area contributed by atoms with Gasteiger partial charge in [0, 0.05) is 6.54 Å². The van der Waals surface area contributed by atoms with E-state index in [1.54, 1.807) is 0 Å². The Morgan fingerprint density at radius 3 is 2.25 bits per heavy atom. The quantitative estimate of drug-likeness (QED) is 0.420. The number of hydrogen-bond acceptors (Lipinski definition) is 2. The fourth-order valence-corrected chi connectivity index (χ4v) is 0.603. The largest absolute Gasteiger partial charge is 0.327 e. The van der Waals surface area contributed by atoms with Gasteiger partial charge in [-0.3, -0.25) is 4.57 Å². The Labute approximate surface area is 47.4 Å². The average molecular weight is 137 g/mol. The molecular formula is C3H8NO3P. The lowest BCUT2D eigenvalue weighted by atomic mass is 10.8. The molecule has 0 aromatic heterocycles. The van der Waals surface area contributed by atoms with E-state index in [-0.39, 0.29) is 12.7 Å². The summed E-state index contributed by atoms with van der Waals surface area (Å²) in [6.45, 7) is 3.20. The second-order valence-corrected chi connectivity index (χ2v) is 3.11. The Balaban J connectivity index is 3.40. The molecule has 0 aromatic carbocycles. The molecule has 0 radical (unpaired) electrons. The molecule has 4 nitrogen and oxygen atoms in total. The van der Waals surface area contributed by atoms with Crippen LogP contribution in [0, 0.1) is 0 Å². The molecule has 0 aromatic rings. The third-order valence-corrected chi connectivity index (χ3v) is 1.33. The van der Waals surface area contributed by atoms with Crippen LogP contribution in [0.1, 0.15) is 0 Å². The molecule has 48 valence electrons. The van der Waals surface area contributed by atoms with E-state index in [0.717, 1.165) is 0 Å². The first-order valence-electron chi connectivity index (χ1n) is 2.03. The highest BCUT2D eigenvalue weighted by Gasteiger charge is 2.09. The second kappa shape index (κ2) is 2.97. The van der Waals surface area contributed by atoms with Crippen LogP contribution in [0.15, 0.2) is 4.99 Å². The molecule has 0 rings (SSSR count). The summed E-state index contributed by atoms with van der Waals surface area (Å²) in [6, 6.07) is 0. The topological polar surface area (TPSA) is 69.9 Å². The molecular weight excluding hydrogens is 129 g/mol. The molecule has 0 aliphatic carbocycles. The van der Waals surface area contributed by atoms with Gasteiger partial charge >= 0.3 is 7.60 Å². The zero-order valence-corrected chi connectivity index (χ0v) is 5.21. The van der Waals surface area contributed by atoms with Crippen molar-refractivity contribution in [1.29, 1.82) is 0 Å². The van der Waals surface area contributed by atoms with Crippen LogP contribution in [0.5, 0.6) is 0 Å². The molecule has 8 heavy (non-hydrogen) atoms. The Bertz CT molecular complexity index is 118. The highest BCUT2D eigenvalue weighted by atomic mass is 31.2. The molecule has 0 aliphatic heterocycles. The zero-order chi connectivity index (χ0) is 6.62. The first-order chi connectivity index (χ1) is 3.56. The highest BCUT2D eigenvalue weighted by molar-refractivity contribution is 7.51. The van der Waals surface area contributed by atoms with E-state index in [4.69, 9.17) is 9.79 Å². The average Bonchev–Trinajstić information content (AvgIpc) is 1.59. The maximum Gasteiger partial charge on any atom is 0.327 e. The molecule has 0 amide bonds. The van der Waals surface area contributed by atoms with Crippen LogP contribution in [0.25, 0.3) is 0 Å². The summed E-state index contributed by atoms with van der Waals surface area (Å²) in [5, 5.41) is 0. The van der Waals surface area contributed by atoms with Crippen molar-refractivity contribution in [3.8, 4) is 0 Å². The van der Waals surface area contributed by atoms with Gasteiger partial charge in [0.1, 0.15) is 0 Å². The Kier molecular flexibility index (Phi) is 2.90. The third-order valence-electron chi connectivity index (χ3n) is 0.549. The van der Waals surface area contributed by atoms with E-state index in [2.05, 4.69) is 11.7 Å². The van der Waals surface area contributed by atoms with Crippen LogP contribution in [0.2, 0.25) is 0 Å². The molecule has 0 unspecified atom stereocenters. The van der Waals surface area contributed by atoms with Crippen LogP contribution in [0.3, 0.4) is 0 Å². The summed E-state index contributed by atoms with van der Waals surface area (Å²) in [5.41, 5.74) is 0. The molecule has 0 fully saturated rings. The molecule has 2 N–H and O–H groups in total. The second-order valence-electron chi connectivity index (χ2n) is 1.34. The Morgan fingerprint density at radius 1 is 1.62 bits per heavy atom. The van der Waals surface area contributed by atoms with Gasteiger partial charge in [0.25, 0.3) is 0 Å². The maximum absolute atomic E-state index is 10.00. The van der Waals surface area contributed by atoms with Gasteiger partial charge in [0.15, 0.2) is 0 Å². The third kappa shape index (κ3) is 5.82. The van der Waals surface area contributed by atoms with Crippen molar-refractivity contribution in [3.63, 3.8) is 0 Å². The summed E-state index contributed by atoms with van der Waals surface area (Å²) < 4.78 is 10.00. The van der Waals surface area contributed by atoms with Crippen molar-refractivity contribution in [2.24, 2.45) is 4.99 Å². The van der Waals surface area contributed by atoms with Crippen LogP contribution >= 0.6 is 7.60 Å². The number of rotatable bonds is 3. The predicted molar refractivity (Wildman–Crippen MR) is 31.3 cm³/mol. The van der Waals surface area contributed by atoms with E-state index >= 15 is 0 Å². The van der Waals surface area contributed by atoms with Gasteiger partial charge in [-0.05, 0) is 6.72 Å². The number of hydrogen-bond donors (Lipinski definition) is 2. The first kappa shape index (κ1) is 7.82. The van der Waals surface area contributed by atoms with Gasteiger partial charge in [-0.25, -0.2) is 0 Å². The minimum absolute atomic E-state index is 0.129. The lowest BCUT2D eigenvalue weighted by Crippen LogP contribution is -1.90. The summed E-state index contributed by atoms with van der Waals surface area (Å²) in [4.78, 5) is 19.6. The SMILES string of the molecule is C=NCCP(=O)(O)O. The van der Waals surface area contributed by atoms with Gasteiger partial charge in [-0.2, -0.15) is 0 Å². The fraction of sp³-hybridized carbons (Fsp3) is 0.667. The van der Waals surface area contributed by atoms with Crippen molar-refractivity contribution in [3.05, 3.63) is 0 Å². The summed E-state index contributed by atoms with van der Waals surface area (Å²) in [6.07, 6.45) is -0.198. The fourth-order valence-electron chi connectivity index (χ4n) is 0.201. The van der Waals surface area contributed by atoms with E-state index in [1.165, 1.54) is 0 Å². The van der Waals surface area contributed by atoms with E-state index < -0.39 is 7.60 Å². The summed E-state index contributed by atoms with van der Waals surface area (Å²) in [5.74, 6) is 0. The predicted octanol–water partition coefficient (Wildman–Crippen LogP) is -0.135. The van der Waals surface area contributed by atoms with E-state index in [0.29, 0.717) is 0 Å². The van der Waals surface area contributed by atoms with Crippen molar-refractivity contribution in [2.75, 3.05) is 12.7 Å². The molecule has 0 saturated heterocycles. The Morgan fingerprint density at radius 2 is 2.12 bits per heavy atom. The minimum atomic E-state index is -3.82. The maximum atomic E-state index is 10.00. The van der Waals surface area contributed by atoms with Crippen LogP contribution < -0.4 is 0 Å². The summed E-state index contributed by atoms with van der Waals surface area (Å²) in [7, 11) is -3.82. The lowest BCUT2D eigenvalue weighted by Gasteiger charge is -1.97. The molecule has 0 bridgehead atoms. The van der Waals surface area contributed by atoms with Crippen molar-refractivity contribution < 1.29 is 14.4 Å². The minimum Gasteiger partial charge on any atom is -0.324 e. The van der Waals surface area contributed by atoms with Crippen molar-refractivity contribution >= 4 is 14.3 Å². The first-order valence-corrected chi connectivity index (χ1v) is 3.83. The molecule has 0 spiro atoms. The molecule has 0 heterocycles. The Hall–Kier alpha value is -0.180. The summed E-state index contributed by atoms with van der Waals surface area (Å²) >= 11 is 0. The van der Waals surface area contributed by atoms with Crippen LogP contribution in [-0.4, -0.2) is 29.2 Å². The van der Waals surface area contributed by atoms with Crippen LogP contribution in [0.4, 0.5) is 0 Å². The number of aliphatic imine (C=N–C) groups is 1. The van der Waals surface area contributed by atoms with Gasteiger partial charge in [0.2, 0.25) is 0 Å². The van der Waals surface area contributed by atoms with Gasteiger partial charge in [-0.15, -0.1) is 0 Å². The van der Waals surface area contributed by atoms with Gasteiger partial charge < -0.3 is 14.8 Å². The zero-order valence-electron chi connectivity index (χ0n) is 4.32.